The summed E-state index contributed by atoms with van der Waals surface area (Å²) in [6, 6.07) is 7.78. The number of rotatable bonds is 7. The molecule has 0 spiro atoms. The second kappa shape index (κ2) is 9.06. The van der Waals surface area contributed by atoms with Gasteiger partial charge in [0.25, 0.3) is 0 Å². The quantitative estimate of drug-likeness (QED) is 0.161. The first kappa shape index (κ1) is 22.4. The maximum atomic E-state index is 13.2. The van der Waals surface area contributed by atoms with Crippen molar-refractivity contribution in [3.63, 3.8) is 0 Å². The zero-order valence-electron chi connectivity index (χ0n) is 15.0. The minimum Gasteiger partial charge on any atom is -0.493 e. The van der Waals surface area contributed by atoms with Crippen LogP contribution in [0.4, 0.5) is 26.3 Å². The van der Waals surface area contributed by atoms with Crippen LogP contribution < -0.4 is 10.5 Å². The number of alkyl halides is 6. The first-order chi connectivity index (χ1) is 13.5. The van der Waals surface area contributed by atoms with Gasteiger partial charge in [0.2, 0.25) is 0 Å². The van der Waals surface area contributed by atoms with Crippen LogP contribution in [0.25, 0.3) is 0 Å². The predicted octanol–water partition coefficient (Wildman–Crippen LogP) is 5.22. The van der Waals surface area contributed by atoms with Crippen LogP contribution in [0.1, 0.15) is 35.1 Å². The molecule has 0 fully saturated rings. The second-order valence-electron chi connectivity index (χ2n) is 6.19. The van der Waals surface area contributed by atoms with Crippen molar-refractivity contribution in [2.75, 3.05) is 6.61 Å². The molecule has 0 saturated heterocycles. The van der Waals surface area contributed by atoms with E-state index in [-0.39, 0.29) is 17.9 Å². The number of unbranched alkanes of at least 4 members (excludes halogenated alkanes) is 1. The Bertz CT molecular complexity index is 845. The Morgan fingerprint density at radius 2 is 1.59 bits per heavy atom. The van der Waals surface area contributed by atoms with Crippen LogP contribution in [-0.2, 0) is 18.8 Å². The van der Waals surface area contributed by atoms with Gasteiger partial charge in [-0.1, -0.05) is 17.3 Å². The number of nitrogens with zero attached hydrogens (tertiary/aromatic N) is 1. The van der Waals surface area contributed by atoms with Gasteiger partial charge in [-0.3, -0.25) is 0 Å². The lowest BCUT2D eigenvalue weighted by molar-refractivity contribution is -0.139. The van der Waals surface area contributed by atoms with Crippen molar-refractivity contribution >= 4 is 5.84 Å². The van der Waals surface area contributed by atoms with Crippen molar-refractivity contribution in [1.82, 2.24) is 0 Å². The average Bonchev–Trinajstić information content (AvgIpc) is 2.66. The first-order valence-electron chi connectivity index (χ1n) is 8.50. The van der Waals surface area contributed by atoms with Crippen molar-refractivity contribution in [3.05, 3.63) is 64.7 Å². The smallest absolute Gasteiger partial charge is 0.419 e. The fraction of sp³-hybridized carbons (Fsp3) is 0.316. The molecule has 0 saturated carbocycles. The molecule has 29 heavy (non-hydrogen) atoms. The maximum absolute atomic E-state index is 13.2. The van der Waals surface area contributed by atoms with Crippen molar-refractivity contribution in [2.45, 2.75) is 31.6 Å². The Hall–Kier alpha value is -2.91. The maximum Gasteiger partial charge on any atom is 0.419 e. The first-order valence-corrected chi connectivity index (χ1v) is 8.50. The van der Waals surface area contributed by atoms with Crippen LogP contribution >= 0.6 is 0 Å². The van der Waals surface area contributed by atoms with E-state index in [4.69, 9.17) is 15.7 Å². The highest BCUT2D eigenvalue weighted by Crippen LogP contribution is 2.37. The standard InChI is InChI=1S/C19H18F6N2O2/c20-18(21,22)14-7-4-12(5-8-14)3-1-2-10-29-16-9-6-13(17(26)27-28)11-15(16)19(23,24)25/h4-9,11,28H,1-3,10H2,(H2,26,27). The fourth-order valence-electron chi connectivity index (χ4n) is 2.57. The zero-order valence-corrected chi connectivity index (χ0v) is 15.0. The van der Waals surface area contributed by atoms with E-state index in [1.807, 2.05) is 0 Å². The highest BCUT2D eigenvalue weighted by atomic mass is 19.4. The Morgan fingerprint density at radius 3 is 2.14 bits per heavy atom. The lowest BCUT2D eigenvalue weighted by Gasteiger charge is -2.15. The summed E-state index contributed by atoms with van der Waals surface area (Å²) in [5.74, 6) is -0.847. The lowest BCUT2D eigenvalue weighted by Crippen LogP contribution is -2.16. The molecule has 2 aromatic carbocycles. The molecular weight excluding hydrogens is 402 g/mol. The van der Waals surface area contributed by atoms with E-state index >= 15 is 0 Å². The van der Waals surface area contributed by atoms with Crippen molar-refractivity contribution in [1.29, 1.82) is 0 Å². The van der Waals surface area contributed by atoms with E-state index in [0.29, 0.717) is 24.8 Å². The van der Waals surface area contributed by atoms with Gasteiger partial charge in [0.15, 0.2) is 5.84 Å². The van der Waals surface area contributed by atoms with Crippen LogP contribution in [0, 0.1) is 0 Å². The van der Waals surface area contributed by atoms with Crippen LogP contribution in [0.15, 0.2) is 47.6 Å². The number of aryl methyl sites for hydroxylation is 1. The summed E-state index contributed by atoms with van der Waals surface area (Å²) in [6.45, 7) is -0.00731. The van der Waals surface area contributed by atoms with E-state index in [0.717, 1.165) is 24.3 Å². The van der Waals surface area contributed by atoms with Crippen molar-refractivity contribution < 1.29 is 36.3 Å². The highest BCUT2D eigenvalue weighted by molar-refractivity contribution is 5.97. The van der Waals surface area contributed by atoms with Gasteiger partial charge < -0.3 is 15.7 Å². The number of benzene rings is 2. The molecule has 2 aromatic rings. The molecule has 2 rings (SSSR count). The molecule has 4 nitrogen and oxygen atoms in total. The summed E-state index contributed by atoms with van der Waals surface area (Å²) in [5.41, 5.74) is 4.12. The van der Waals surface area contributed by atoms with Gasteiger partial charge in [0.05, 0.1) is 17.7 Å². The van der Waals surface area contributed by atoms with Gasteiger partial charge in [-0.25, -0.2) is 0 Å². The van der Waals surface area contributed by atoms with Crippen LogP contribution in [0.2, 0.25) is 0 Å². The summed E-state index contributed by atoms with van der Waals surface area (Å²) in [7, 11) is 0. The Kier molecular flexibility index (Phi) is 6.99. The number of amidine groups is 1. The molecule has 0 aliphatic heterocycles. The Labute approximate surface area is 162 Å². The topological polar surface area (TPSA) is 67.8 Å². The number of oxime groups is 1. The summed E-state index contributed by atoms with van der Waals surface area (Å²) in [6.07, 6.45) is -7.70. The molecule has 0 unspecified atom stereocenters. The van der Waals surface area contributed by atoms with Gasteiger partial charge in [0.1, 0.15) is 5.75 Å². The third-order valence-corrected chi connectivity index (χ3v) is 4.09. The van der Waals surface area contributed by atoms with Crippen LogP contribution in [0.5, 0.6) is 5.75 Å². The Morgan fingerprint density at radius 1 is 0.931 bits per heavy atom. The number of nitrogens with two attached hydrogens (primary N) is 1. The molecule has 0 bridgehead atoms. The molecule has 10 heteroatoms. The Balaban J connectivity index is 1.92. The molecule has 0 atom stereocenters. The van der Waals surface area contributed by atoms with E-state index in [2.05, 4.69) is 5.16 Å². The average molecular weight is 420 g/mol. The number of hydrogen-bond donors (Lipinski definition) is 2. The number of ether oxygens (including phenoxy) is 1. The fourth-order valence-corrected chi connectivity index (χ4v) is 2.57. The predicted molar refractivity (Wildman–Crippen MR) is 93.8 cm³/mol. The molecule has 0 heterocycles. The van der Waals surface area contributed by atoms with E-state index in [1.165, 1.54) is 18.2 Å². The van der Waals surface area contributed by atoms with Crippen LogP contribution in [0.3, 0.4) is 0 Å². The van der Waals surface area contributed by atoms with Crippen LogP contribution in [-0.4, -0.2) is 17.6 Å². The largest absolute Gasteiger partial charge is 0.493 e. The minimum atomic E-state index is -4.69. The zero-order chi connectivity index (χ0) is 21.7. The molecule has 0 aromatic heterocycles. The number of hydrogen-bond acceptors (Lipinski definition) is 3. The van der Waals surface area contributed by atoms with E-state index in [9.17, 15) is 26.3 Å². The van der Waals surface area contributed by atoms with Gasteiger partial charge in [0, 0.05) is 5.56 Å². The van der Waals surface area contributed by atoms with Gasteiger partial charge in [-0.15, -0.1) is 0 Å². The third-order valence-electron chi connectivity index (χ3n) is 4.09. The molecule has 0 radical (unpaired) electrons. The van der Waals surface area contributed by atoms with Crippen molar-refractivity contribution in [2.24, 2.45) is 10.9 Å². The summed E-state index contributed by atoms with van der Waals surface area (Å²) >= 11 is 0. The second-order valence-corrected chi connectivity index (χ2v) is 6.19. The highest BCUT2D eigenvalue weighted by Gasteiger charge is 2.35. The monoisotopic (exact) mass is 420 g/mol. The molecule has 0 aliphatic rings. The lowest BCUT2D eigenvalue weighted by atomic mass is 10.1. The van der Waals surface area contributed by atoms with Crippen molar-refractivity contribution in [3.8, 4) is 5.75 Å². The van der Waals surface area contributed by atoms with E-state index in [1.54, 1.807) is 0 Å². The molecule has 0 amide bonds. The van der Waals surface area contributed by atoms with Gasteiger partial charge in [-0.2, -0.15) is 26.3 Å². The number of halogens is 6. The molecule has 0 aliphatic carbocycles. The normalized spacial score (nSPS) is 12.8. The van der Waals surface area contributed by atoms with Gasteiger partial charge >= 0.3 is 12.4 Å². The molecule has 158 valence electrons. The molecular formula is C19H18F6N2O2. The van der Waals surface area contributed by atoms with E-state index < -0.39 is 29.3 Å². The molecule has 3 N–H and O–H groups in total. The summed E-state index contributed by atoms with van der Waals surface area (Å²) in [4.78, 5) is 0. The summed E-state index contributed by atoms with van der Waals surface area (Å²) < 4.78 is 82.4. The SMILES string of the molecule is N/C(=N\O)c1ccc(OCCCCc2ccc(C(F)(F)F)cc2)c(C(F)(F)F)c1. The van der Waals surface area contributed by atoms with Gasteiger partial charge in [-0.05, 0) is 55.2 Å². The minimum absolute atomic E-state index is 0.00731. The summed E-state index contributed by atoms with van der Waals surface area (Å²) in [5, 5.41) is 11.3. The third kappa shape index (κ3) is 6.30.